The van der Waals surface area contributed by atoms with E-state index in [1.807, 2.05) is 48.5 Å². The van der Waals surface area contributed by atoms with Crippen LogP contribution in [0.15, 0.2) is 97.1 Å². The Balaban J connectivity index is 1.16. The minimum Gasteiger partial charge on any atom is -0.489 e. The third-order valence-electron chi connectivity index (χ3n) is 8.98. The third kappa shape index (κ3) is 9.09. The van der Waals surface area contributed by atoms with Crippen LogP contribution in [0.25, 0.3) is 0 Å². The number of benzene rings is 4. The average Bonchev–Trinajstić information content (AvgIpc) is 3.13. The summed E-state index contributed by atoms with van der Waals surface area (Å²) in [5.41, 5.74) is 3.80. The van der Waals surface area contributed by atoms with Crippen molar-refractivity contribution in [1.82, 2.24) is 5.32 Å². The van der Waals surface area contributed by atoms with Crippen LogP contribution in [0.5, 0.6) is 5.75 Å². The van der Waals surface area contributed by atoms with Gasteiger partial charge < -0.3 is 45.6 Å². The maximum atomic E-state index is 13.7. The van der Waals surface area contributed by atoms with Crippen molar-refractivity contribution >= 4 is 11.6 Å². The zero-order valence-electron chi connectivity index (χ0n) is 27.2. The number of carbonyl (C=O) groups excluding carboxylic acids is 1. The normalized spacial score (nSPS) is 19.0. The Morgan fingerprint density at radius 3 is 1.94 bits per heavy atom. The molecule has 7 atom stereocenters. The Kier molecular flexibility index (Phi) is 12.7. The van der Waals surface area contributed by atoms with E-state index in [0.717, 1.165) is 16.7 Å². The number of nitrogens with zero attached hydrogens (tertiary/aromatic N) is 1. The first kappa shape index (κ1) is 37.0. The summed E-state index contributed by atoms with van der Waals surface area (Å²) in [4.78, 5) is 15.0. The summed E-state index contributed by atoms with van der Waals surface area (Å²) >= 11 is 0. The summed E-state index contributed by atoms with van der Waals surface area (Å²) in [6, 6.07) is 26.0. The molecule has 1 amide bonds. The third-order valence-corrected chi connectivity index (χ3v) is 8.98. The van der Waals surface area contributed by atoms with E-state index < -0.39 is 54.7 Å². The molecule has 1 fully saturated rings. The minimum absolute atomic E-state index is 0.0490. The standard InChI is InChI=1S/C38H42F2N2O8/c39-27-9-5-25(6-10-27)32(44)18-17-31-35(42(38(31)49)29-13-11-28(40)12-14-29)26-7-15-30(16-8-26)50-22-24-3-1-23(2-4-24)19-41-20-33(45)36(47)37(48)34(46)21-43/h1-16,31-37,41,43-48H,17-22H2. The molecule has 1 heterocycles. The smallest absolute Gasteiger partial charge is 0.233 e. The van der Waals surface area contributed by atoms with Crippen LogP contribution < -0.4 is 15.0 Å². The van der Waals surface area contributed by atoms with Gasteiger partial charge in [0, 0.05) is 18.8 Å². The molecule has 50 heavy (non-hydrogen) atoms. The molecule has 0 bridgehead atoms. The van der Waals surface area contributed by atoms with Gasteiger partial charge in [-0.15, -0.1) is 0 Å². The second-order valence-electron chi connectivity index (χ2n) is 12.5. The number of hydrogen-bond donors (Lipinski definition) is 7. The number of anilines is 1. The van der Waals surface area contributed by atoms with E-state index in [4.69, 9.17) is 9.84 Å². The zero-order valence-corrected chi connectivity index (χ0v) is 27.2. The van der Waals surface area contributed by atoms with Crippen molar-refractivity contribution in [2.75, 3.05) is 18.1 Å². The number of carbonyl (C=O) groups is 1. The van der Waals surface area contributed by atoms with Gasteiger partial charge in [-0.2, -0.15) is 0 Å². The average molecular weight is 693 g/mol. The molecule has 1 saturated heterocycles. The van der Waals surface area contributed by atoms with E-state index in [2.05, 4.69) is 5.32 Å². The van der Waals surface area contributed by atoms with Crippen LogP contribution in [0.4, 0.5) is 14.5 Å². The van der Waals surface area contributed by atoms with E-state index in [9.17, 15) is 39.1 Å². The molecule has 12 heteroatoms. The highest BCUT2D eigenvalue weighted by Gasteiger charge is 2.48. The number of hydrogen-bond acceptors (Lipinski definition) is 9. The van der Waals surface area contributed by atoms with Gasteiger partial charge in [0.25, 0.3) is 0 Å². The second kappa shape index (κ2) is 17.1. The maximum absolute atomic E-state index is 13.7. The van der Waals surface area contributed by atoms with Gasteiger partial charge in [-0.25, -0.2) is 8.78 Å². The van der Waals surface area contributed by atoms with E-state index in [1.54, 1.807) is 17.0 Å². The molecule has 4 aromatic carbocycles. The first-order valence-electron chi connectivity index (χ1n) is 16.4. The quantitative estimate of drug-likeness (QED) is 0.0824. The number of nitrogens with one attached hydrogen (secondary N) is 1. The first-order valence-corrected chi connectivity index (χ1v) is 16.4. The Bertz CT molecular complexity index is 1660. The first-order chi connectivity index (χ1) is 24.0. The lowest BCUT2D eigenvalue weighted by atomic mass is 9.78. The van der Waals surface area contributed by atoms with Gasteiger partial charge in [0.15, 0.2) is 0 Å². The molecule has 4 aromatic rings. The number of amides is 1. The van der Waals surface area contributed by atoms with Gasteiger partial charge in [-0.05, 0) is 83.6 Å². The molecular weight excluding hydrogens is 650 g/mol. The highest BCUT2D eigenvalue weighted by Crippen LogP contribution is 2.46. The summed E-state index contributed by atoms with van der Waals surface area (Å²) in [6.07, 6.45) is -6.38. The fourth-order valence-corrected chi connectivity index (χ4v) is 6.02. The molecule has 0 saturated carbocycles. The van der Waals surface area contributed by atoms with E-state index >= 15 is 0 Å². The topological polar surface area (TPSA) is 163 Å². The van der Waals surface area contributed by atoms with E-state index in [0.29, 0.717) is 36.4 Å². The largest absolute Gasteiger partial charge is 0.489 e. The van der Waals surface area contributed by atoms with Crippen LogP contribution in [0.3, 0.4) is 0 Å². The van der Waals surface area contributed by atoms with E-state index in [-0.39, 0.29) is 25.1 Å². The second-order valence-corrected chi connectivity index (χ2v) is 12.5. The molecule has 0 aromatic heterocycles. The Hall–Kier alpha value is -4.27. The van der Waals surface area contributed by atoms with Crippen LogP contribution in [0.2, 0.25) is 0 Å². The van der Waals surface area contributed by atoms with Gasteiger partial charge in [-0.3, -0.25) is 4.79 Å². The zero-order chi connectivity index (χ0) is 35.8. The number of halogens is 2. The van der Waals surface area contributed by atoms with E-state index in [1.165, 1.54) is 36.4 Å². The van der Waals surface area contributed by atoms with Gasteiger partial charge in [-0.1, -0.05) is 48.5 Å². The fourth-order valence-electron chi connectivity index (χ4n) is 6.02. The molecule has 0 aliphatic carbocycles. The summed E-state index contributed by atoms with van der Waals surface area (Å²) in [7, 11) is 0. The van der Waals surface area contributed by atoms with Crippen molar-refractivity contribution in [3.05, 3.63) is 131 Å². The summed E-state index contributed by atoms with van der Waals surface area (Å²) in [5.74, 6) is -0.737. The van der Waals surface area contributed by atoms with Gasteiger partial charge in [0.2, 0.25) is 5.91 Å². The van der Waals surface area contributed by atoms with Crippen LogP contribution in [0, 0.1) is 17.6 Å². The van der Waals surface area contributed by atoms with Crippen molar-refractivity contribution in [2.45, 2.75) is 62.6 Å². The lowest BCUT2D eigenvalue weighted by Crippen LogP contribution is -2.55. The van der Waals surface area contributed by atoms with Gasteiger partial charge >= 0.3 is 0 Å². The van der Waals surface area contributed by atoms with Crippen molar-refractivity contribution in [3.8, 4) is 5.75 Å². The van der Waals surface area contributed by atoms with Crippen LogP contribution >= 0.6 is 0 Å². The predicted molar refractivity (Wildman–Crippen MR) is 181 cm³/mol. The Labute approximate surface area is 288 Å². The van der Waals surface area contributed by atoms with Crippen molar-refractivity contribution in [3.63, 3.8) is 0 Å². The molecule has 10 nitrogen and oxygen atoms in total. The summed E-state index contributed by atoms with van der Waals surface area (Å²) in [6.45, 7) is -0.131. The monoisotopic (exact) mass is 692 g/mol. The minimum atomic E-state index is -1.68. The van der Waals surface area contributed by atoms with Gasteiger partial charge in [0.1, 0.15) is 42.3 Å². The van der Waals surface area contributed by atoms with Crippen molar-refractivity contribution < 1.29 is 49.0 Å². The predicted octanol–water partition coefficient (Wildman–Crippen LogP) is 3.29. The number of aliphatic hydroxyl groups excluding tert-OH is 6. The molecule has 266 valence electrons. The molecule has 7 N–H and O–H groups in total. The number of β-lactam (4-membered cyclic amide) rings is 1. The molecule has 7 unspecified atom stereocenters. The highest BCUT2D eigenvalue weighted by atomic mass is 19.1. The SMILES string of the molecule is O=C1C(CCC(O)c2ccc(F)cc2)C(c2ccc(OCc3ccc(CNCC(O)C(O)C(O)C(O)CO)cc3)cc2)N1c1ccc(F)cc1. The van der Waals surface area contributed by atoms with Crippen LogP contribution in [-0.2, 0) is 17.9 Å². The van der Waals surface area contributed by atoms with Gasteiger partial charge in [0.05, 0.1) is 30.8 Å². The van der Waals surface area contributed by atoms with Crippen molar-refractivity contribution in [1.29, 1.82) is 0 Å². The Morgan fingerprint density at radius 1 is 0.740 bits per heavy atom. The lowest BCUT2D eigenvalue weighted by molar-refractivity contribution is -0.131. The molecule has 0 spiro atoms. The van der Waals surface area contributed by atoms with Crippen LogP contribution in [-0.4, -0.2) is 74.1 Å². The molecular formula is C38H42F2N2O8. The lowest BCUT2D eigenvalue weighted by Gasteiger charge is -2.48. The van der Waals surface area contributed by atoms with Crippen LogP contribution in [0.1, 0.15) is 47.2 Å². The number of aliphatic hydroxyl groups is 6. The number of ether oxygens (including phenoxy) is 1. The molecule has 1 aliphatic heterocycles. The Morgan fingerprint density at radius 2 is 1.32 bits per heavy atom. The maximum Gasteiger partial charge on any atom is 0.233 e. The molecule has 1 aliphatic rings. The number of rotatable bonds is 17. The van der Waals surface area contributed by atoms with Crippen molar-refractivity contribution in [2.24, 2.45) is 5.92 Å². The summed E-state index contributed by atoms with van der Waals surface area (Å²) < 4.78 is 33.0. The fraction of sp³-hybridized carbons (Fsp3) is 0.342. The highest BCUT2D eigenvalue weighted by molar-refractivity contribution is 6.03. The molecule has 0 radical (unpaired) electrons. The molecule has 5 rings (SSSR count). The summed E-state index contributed by atoms with van der Waals surface area (Å²) in [5, 5.41) is 61.8.